The molecule has 3 rings (SSSR count). The summed E-state index contributed by atoms with van der Waals surface area (Å²) in [6.45, 7) is 0.855. The first-order valence-electron chi connectivity index (χ1n) is 5.81. The average Bonchev–Trinajstić information content (AvgIpc) is 3.02. The fourth-order valence-electron chi connectivity index (χ4n) is 2.19. The molecule has 19 heavy (non-hydrogen) atoms. The highest BCUT2D eigenvalue weighted by atomic mass is 32.1. The Hall–Kier alpha value is -2.15. The highest BCUT2D eigenvalue weighted by molar-refractivity contribution is 7.10. The number of aromatic amines is 1. The number of nitrogens with one attached hydrogen (secondary N) is 1. The second-order valence-electron chi connectivity index (χ2n) is 4.40. The van der Waals surface area contributed by atoms with Gasteiger partial charge < -0.3 is 10.6 Å². The Morgan fingerprint density at radius 1 is 1.47 bits per heavy atom. The van der Waals surface area contributed by atoms with Crippen molar-refractivity contribution in [2.75, 3.05) is 0 Å². The molecule has 1 aliphatic rings. The zero-order valence-electron chi connectivity index (χ0n) is 10.0. The molecule has 0 radical (unpaired) electrons. The third-order valence-electron chi connectivity index (χ3n) is 3.14. The van der Waals surface area contributed by atoms with Gasteiger partial charge in [0.2, 0.25) is 5.91 Å². The Labute approximate surface area is 113 Å². The number of nitrogens with two attached hydrogens (primary N) is 1. The number of fused-ring (bicyclic) bond motifs is 1. The standard InChI is InChI=1S/C12H12N4O2S/c13-12(18)11-8-5-16(6-9(8)14-15-11)10(17)4-7-2-1-3-19-7/h1-3H,4-6H2,(H2,13,18)(H,14,15). The molecule has 2 aromatic rings. The van der Waals surface area contributed by atoms with Crippen LogP contribution in [0.4, 0.5) is 0 Å². The number of rotatable bonds is 3. The van der Waals surface area contributed by atoms with Gasteiger partial charge in [0.05, 0.1) is 25.2 Å². The molecule has 0 aromatic carbocycles. The van der Waals surface area contributed by atoms with Gasteiger partial charge in [0.15, 0.2) is 5.69 Å². The lowest BCUT2D eigenvalue weighted by Gasteiger charge is -2.14. The van der Waals surface area contributed by atoms with Crippen LogP contribution < -0.4 is 5.73 Å². The van der Waals surface area contributed by atoms with E-state index in [1.165, 1.54) is 0 Å². The smallest absolute Gasteiger partial charge is 0.269 e. The Balaban J connectivity index is 1.73. The van der Waals surface area contributed by atoms with E-state index in [2.05, 4.69) is 10.2 Å². The Morgan fingerprint density at radius 3 is 3.00 bits per heavy atom. The van der Waals surface area contributed by atoms with Crippen molar-refractivity contribution in [2.45, 2.75) is 19.5 Å². The minimum atomic E-state index is -0.565. The van der Waals surface area contributed by atoms with Crippen molar-refractivity contribution in [1.82, 2.24) is 15.1 Å². The van der Waals surface area contributed by atoms with E-state index in [1.54, 1.807) is 16.2 Å². The minimum Gasteiger partial charge on any atom is -0.364 e. The van der Waals surface area contributed by atoms with Crippen LogP contribution >= 0.6 is 11.3 Å². The first-order chi connectivity index (χ1) is 9.15. The molecule has 1 aliphatic heterocycles. The Bertz CT molecular complexity index is 632. The van der Waals surface area contributed by atoms with Gasteiger partial charge in [-0.25, -0.2) is 0 Å². The number of carbonyl (C=O) groups excluding carboxylic acids is 2. The van der Waals surface area contributed by atoms with Crippen molar-refractivity contribution in [2.24, 2.45) is 5.73 Å². The van der Waals surface area contributed by atoms with Crippen LogP contribution in [0.2, 0.25) is 0 Å². The summed E-state index contributed by atoms with van der Waals surface area (Å²) in [6, 6.07) is 3.86. The molecule has 0 spiro atoms. The lowest BCUT2D eigenvalue weighted by Crippen LogP contribution is -2.27. The molecule has 0 saturated heterocycles. The van der Waals surface area contributed by atoms with Crippen molar-refractivity contribution in [3.05, 3.63) is 39.3 Å². The van der Waals surface area contributed by atoms with Crippen molar-refractivity contribution >= 4 is 23.2 Å². The number of H-pyrrole nitrogens is 1. The van der Waals surface area contributed by atoms with Gasteiger partial charge in [0, 0.05) is 10.4 Å². The van der Waals surface area contributed by atoms with E-state index in [0.717, 1.165) is 16.1 Å². The molecule has 6 nitrogen and oxygen atoms in total. The van der Waals surface area contributed by atoms with Crippen LogP contribution in [0.1, 0.15) is 26.6 Å². The second-order valence-corrected chi connectivity index (χ2v) is 5.43. The number of hydrogen-bond acceptors (Lipinski definition) is 4. The predicted molar refractivity (Wildman–Crippen MR) is 69.4 cm³/mol. The van der Waals surface area contributed by atoms with Gasteiger partial charge in [0.25, 0.3) is 5.91 Å². The fourth-order valence-corrected chi connectivity index (χ4v) is 2.89. The van der Waals surface area contributed by atoms with Crippen LogP contribution in [0.5, 0.6) is 0 Å². The molecule has 0 unspecified atom stereocenters. The number of aromatic nitrogens is 2. The van der Waals surface area contributed by atoms with Gasteiger partial charge in [-0.2, -0.15) is 5.10 Å². The molecule has 98 valence electrons. The van der Waals surface area contributed by atoms with Crippen molar-refractivity contribution in [3.8, 4) is 0 Å². The highest BCUT2D eigenvalue weighted by Crippen LogP contribution is 2.24. The molecule has 3 N–H and O–H groups in total. The SMILES string of the molecule is NC(=O)c1n[nH]c2c1CN(C(=O)Cc1cccs1)C2. The van der Waals surface area contributed by atoms with Gasteiger partial charge in [-0.1, -0.05) is 6.07 Å². The van der Waals surface area contributed by atoms with Crippen LogP contribution in [-0.4, -0.2) is 26.9 Å². The molecule has 3 heterocycles. The lowest BCUT2D eigenvalue weighted by molar-refractivity contribution is -0.131. The molecular weight excluding hydrogens is 264 g/mol. The van der Waals surface area contributed by atoms with E-state index in [0.29, 0.717) is 19.5 Å². The molecule has 0 fully saturated rings. The molecule has 2 amide bonds. The number of primary amides is 1. The van der Waals surface area contributed by atoms with Crippen molar-refractivity contribution < 1.29 is 9.59 Å². The van der Waals surface area contributed by atoms with E-state index in [9.17, 15) is 9.59 Å². The van der Waals surface area contributed by atoms with E-state index < -0.39 is 5.91 Å². The summed E-state index contributed by atoms with van der Waals surface area (Å²) in [5.74, 6) is -0.521. The van der Waals surface area contributed by atoms with Crippen LogP contribution in [0.3, 0.4) is 0 Å². The summed E-state index contributed by atoms with van der Waals surface area (Å²) in [5, 5.41) is 8.59. The minimum absolute atomic E-state index is 0.0440. The Morgan fingerprint density at radius 2 is 2.32 bits per heavy atom. The van der Waals surface area contributed by atoms with E-state index in [4.69, 9.17) is 5.73 Å². The van der Waals surface area contributed by atoms with E-state index in [-0.39, 0.29) is 11.6 Å². The number of carbonyl (C=O) groups is 2. The van der Waals surface area contributed by atoms with Crippen LogP contribution in [0.15, 0.2) is 17.5 Å². The predicted octanol–water partition coefficient (Wildman–Crippen LogP) is 0.655. The molecule has 0 atom stereocenters. The zero-order valence-corrected chi connectivity index (χ0v) is 10.9. The third kappa shape index (κ3) is 2.12. The summed E-state index contributed by atoms with van der Waals surface area (Å²) in [6.07, 6.45) is 0.390. The normalized spacial score (nSPS) is 13.6. The molecule has 0 aliphatic carbocycles. The summed E-state index contributed by atoms with van der Waals surface area (Å²) in [7, 11) is 0. The first kappa shape index (κ1) is 11.9. The number of thiophene rings is 1. The summed E-state index contributed by atoms with van der Waals surface area (Å²) >= 11 is 1.56. The van der Waals surface area contributed by atoms with Gasteiger partial charge in [-0.15, -0.1) is 11.3 Å². The molecular formula is C12H12N4O2S. The third-order valence-corrected chi connectivity index (χ3v) is 4.02. The largest absolute Gasteiger partial charge is 0.364 e. The highest BCUT2D eigenvalue weighted by Gasteiger charge is 2.29. The Kier molecular flexibility index (Phi) is 2.83. The molecule has 7 heteroatoms. The van der Waals surface area contributed by atoms with Gasteiger partial charge in [-0.05, 0) is 11.4 Å². The van der Waals surface area contributed by atoms with Crippen LogP contribution in [-0.2, 0) is 24.3 Å². The van der Waals surface area contributed by atoms with E-state index >= 15 is 0 Å². The maximum Gasteiger partial charge on any atom is 0.269 e. The average molecular weight is 276 g/mol. The monoisotopic (exact) mass is 276 g/mol. The molecule has 2 aromatic heterocycles. The van der Waals surface area contributed by atoms with E-state index in [1.807, 2.05) is 17.5 Å². The van der Waals surface area contributed by atoms with Crippen molar-refractivity contribution in [3.63, 3.8) is 0 Å². The number of nitrogens with zero attached hydrogens (tertiary/aromatic N) is 2. The van der Waals surface area contributed by atoms with Crippen LogP contribution in [0, 0.1) is 0 Å². The van der Waals surface area contributed by atoms with Gasteiger partial charge in [0.1, 0.15) is 0 Å². The quantitative estimate of drug-likeness (QED) is 0.862. The summed E-state index contributed by atoms with van der Waals surface area (Å²) < 4.78 is 0. The maximum absolute atomic E-state index is 12.1. The first-order valence-corrected chi connectivity index (χ1v) is 6.69. The molecule has 0 bridgehead atoms. The number of hydrogen-bond donors (Lipinski definition) is 2. The van der Waals surface area contributed by atoms with Gasteiger partial charge >= 0.3 is 0 Å². The summed E-state index contributed by atoms with van der Waals surface area (Å²) in [4.78, 5) is 26.1. The topological polar surface area (TPSA) is 92.1 Å². The lowest BCUT2D eigenvalue weighted by atomic mass is 10.2. The summed E-state index contributed by atoms with van der Waals surface area (Å²) in [5.41, 5.74) is 7.02. The van der Waals surface area contributed by atoms with Crippen molar-refractivity contribution in [1.29, 1.82) is 0 Å². The van der Waals surface area contributed by atoms with Gasteiger partial charge in [-0.3, -0.25) is 14.7 Å². The number of amides is 2. The maximum atomic E-state index is 12.1. The zero-order chi connectivity index (χ0) is 13.4. The fraction of sp³-hybridized carbons (Fsp3) is 0.250. The molecule has 0 saturated carbocycles. The van der Waals surface area contributed by atoms with Crippen LogP contribution in [0.25, 0.3) is 0 Å². The second kappa shape index (κ2) is 4.51.